The fourth-order valence-corrected chi connectivity index (χ4v) is 2.50. The van der Waals surface area contributed by atoms with Crippen LogP contribution < -0.4 is 0 Å². The van der Waals surface area contributed by atoms with Crippen molar-refractivity contribution in [3.05, 3.63) is 11.6 Å². The number of hydrogen-bond acceptors (Lipinski definition) is 4. The van der Waals surface area contributed by atoms with Gasteiger partial charge in [-0.15, -0.1) is 0 Å². The molecule has 0 aliphatic carbocycles. The summed E-state index contributed by atoms with van der Waals surface area (Å²) in [6, 6.07) is 0. The molecule has 0 aliphatic heterocycles. The van der Waals surface area contributed by atoms with E-state index in [4.69, 9.17) is 0 Å². The molecule has 0 saturated heterocycles. The second-order valence-electron chi connectivity index (χ2n) is 8.02. The molecule has 33 heavy (non-hydrogen) atoms. The van der Waals surface area contributed by atoms with Crippen LogP contribution in [0.15, 0.2) is 11.6 Å². The van der Waals surface area contributed by atoms with Crippen LogP contribution in [-0.4, -0.2) is 48.9 Å². The summed E-state index contributed by atoms with van der Waals surface area (Å²) >= 11 is 0. The topological polar surface area (TPSA) is 52.6 Å². The second kappa shape index (κ2) is 9.24. The summed E-state index contributed by atoms with van der Waals surface area (Å²) in [6.45, 7) is 4.36. The fourth-order valence-electron chi connectivity index (χ4n) is 2.50. The van der Waals surface area contributed by atoms with Gasteiger partial charge in [-0.2, -0.15) is 52.7 Å². The van der Waals surface area contributed by atoms with E-state index in [1.165, 1.54) is 0 Å². The maximum Gasteiger partial charge on any atom is 0.434 e. The average Bonchev–Trinajstić information content (AvgIpc) is 2.48. The molecule has 0 aromatic heterocycles. The largest absolute Gasteiger partial charge is 0.442 e. The maximum atomic E-state index is 12.8. The summed E-state index contributed by atoms with van der Waals surface area (Å²) in [6.07, 6.45) is -34.5. The zero-order chi connectivity index (χ0) is 27.0. The van der Waals surface area contributed by atoms with Gasteiger partial charge in [0.25, 0.3) is 12.2 Å². The van der Waals surface area contributed by atoms with Crippen LogP contribution in [0.2, 0.25) is 0 Å². The Bertz CT molecular complexity index is 672. The highest BCUT2D eigenvalue weighted by atomic mass is 19.4. The Morgan fingerprint density at radius 3 is 1.00 bits per heavy atom. The predicted molar refractivity (Wildman–Crippen MR) is 85.3 cm³/mol. The van der Waals surface area contributed by atoms with Crippen molar-refractivity contribution in [3.63, 3.8) is 0 Å². The summed E-state index contributed by atoms with van der Waals surface area (Å²) in [4.78, 5) is 25.1. The van der Waals surface area contributed by atoms with Crippen LogP contribution in [0.1, 0.15) is 34.6 Å². The molecule has 0 heterocycles. The molecule has 16 heteroatoms. The molecule has 4 nitrogen and oxygen atoms in total. The Morgan fingerprint density at radius 1 is 0.606 bits per heavy atom. The molecule has 0 bridgehead atoms. The van der Waals surface area contributed by atoms with Crippen LogP contribution >= 0.6 is 0 Å². The van der Waals surface area contributed by atoms with Crippen LogP contribution in [0.25, 0.3) is 0 Å². The quantitative estimate of drug-likeness (QED) is 0.194. The summed E-state index contributed by atoms with van der Waals surface area (Å²) in [5.74, 6) is -5.44. The van der Waals surface area contributed by atoms with Crippen LogP contribution in [0.5, 0.6) is 0 Å². The number of halogens is 12. The first-order chi connectivity index (χ1) is 14.2. The van der Waals surface area contributed by atoms with E-state index in [0.717, 1.165) is 34.6 Å². The van der Waals surface area contributed by atoms with Gasteiger partial charge in [0.15, 0.2) is 5.41 Å². The van der Waals surface area contributed by atoms with Gasteiger partial charge < -0.3 is 9.47 Å². The zero-order valence-electron chi connectivity index (χ0n) is 17.4. The number of esters is 2. The lowest BCUT2D eigenvalue weighted by Gasteiger charge is -2.40. The van der Waals surface area contributed by atoms with E-state index in [2.05, 4.69) is 9.47 Å². The highest BCUT2D eigenvalue weighted by Crippen LogP contribution is 2.47. The van der Waals surface area contributed by atoms with Crippen molar-refractivity contribution in [2.45, 2.75) is 71.5 Å². The summed E-state index contributed by atoms with van der Waals surface area (Å²) < 4.78 is 161. The van der Waals surface area contributed by atoms with Crippen LogP contribution in [0.3, 0.4) is 0 Å². The standard InChI is InChI=1S/C17H18F12O4/c1-7(2)6-13(12(3,4)5,10(30)32-8(14(18,19)20)15(21,22)23)11(31)33-9(16(24,25)26)17(27,28)29/h6,8-9H,1-5H3. The van der Waals surface area contributed by atoms with Crippen molar-refractivity contribution in [1.29, 1.82) is 0 Å². The highest BCUT2D eigenvalue weighted by Gasteiger charge is 2.66. The smallest absolute Gasteiger partial charge is 0.434 e. The van der Waals surface area contributed by atoms with Gasteiger partial charge in [-0.25, -0.2) is 0 Å². The Hall–Kier alpha value is -2.16. The molecular formula is C17H18F12O4. The maximum absolute atomic E-state index is 12.8. The van der Waals surface area contributed by atoms with Crippen molar-refractivity contribution in [1.82, 2.24) is 0 Å². The minimum Gasteiger partial charge on any atom is -0.442 e. The first kappa shape index (κ1) is 30.8. The highest BCUT2D eigenvalue weighted by molar-refractivity contribution is 6.03. The van der Waals surface area contributed by atoms with Gasteiger partial charge in [0, 0.05) is 0 Å². The van der Waals surface area contributed by atoms with Gasteiger partial charge in [-0.3, -0.25) is 9.59 Å². The second-order valence-corrected chi connectivity index (χ2v) is 8.02. The molecule has 0 rings (SSSR count). The lowest BCUT2D eigenvalue weighted by molar-refractivity contribution is -0.321. The average molecular weight is 514 g/mol. The SMILES string of the molecule is CC(C)=CC(C(=O)OC(C(F)(F)F)C(F)(F)F)(C(=O)OC(C(F)(F)F)C(F)(F)F)C(C)(C)C. The molecule has 0 N–H and O–H groups in total. The summed E-state index contributed by atoms with van der Waals surface area (Å²) in [5, 5.41) is 0. The molecule has 0 radical (unpaired) electrons. The molecule has 0 unspecified atom stereocenters. The van der Waals surface area contributed by atoms with Crippen molar-refractivity contribution in [2.24, 2.45) is 10.8 Å². The lowest BCUT2D eigenvalue weighted by Crippen LogP contribution is -2.57. The monoisotopic (exact) mass is 514 g/mol. The van der Waals surface area contributed by atoms with E-state index in [0.29, 0.717) is 0 Å². The predicted octanol–water partition coefficient (Wildman–Crippen LogP) is 6.06. The van der Waals surface area contributed by atoms with E-state index < -0.39 is 59.7 Å². The third-order valence-corrected chi connectivity index (χ3v) is 3.97. The number of rotatable bonds is 5. The van der Waals surface area contributed by atoms with Crippen LogP contribution in [-0.2, 0) is 19.1 Å². The molecule has 0 amide bonds. The number of ether oxygens (including phenoxy) is 2. The summed E-state index contributed by atoms with van der Waals surface area (Å²) in [7, 11) is 0. The zero-order valence-corrected chi connectivity index (χ0v) is 17.4. The number of allylic oxidation sites excluding steroid dienone is 1. The van der Waals surface area contributed by atoms with Gasteiger partial charge in [0.2, 0.25) is 0 Å². The summed E-state index contributed by atoms with van der Waals surface area (Å²) in [5.41, 5.74) is -6.07. The minimum absolute atomic E-state index is 0.259. The van der Waals surface area contributed by atoms with E-state index in [9.17, 15) is 62.3 Å². The third-order valence-electron chi connectivity index (χ3n) is 3.97. The molecule has 0 saturated carbocycles. The molecule has 194 valence electrons. The number of carbonyl (C=O) groups is 2. The van der Waals surface area contributed by atoms with Gasteiger partial charge in [-0.05, 0) is 19.3 Å². The molecule has 0 fully saturated rings. The van der Waals surface area contributed by atoms with Gasteiger partial charge in [0.05, 0.1) is 0 Å². The van der Waals surface area contributed by atoms with Crippen molar-refractivity contribution < 1.29 is 71.7 Å². The van der Waals surface area contributed by atoms with E-state index in [1.807, 2.05) is 0 Å². The van der Waals surface area contributed by atoms with Crippen molar-refractivity contribution in [3.8, 4) is 0 Å². The first-order valence-electron chi connectivity index (χ1n) is 8.54. The number of alkyl halides is 12. The van der Waals surface area contributed by atoms with E-state index in [-0.39, 0.29) is 11.6 Å². The first-order valence-corrected chi connectivity index (χ1v) is 8.54. The van der Waals surface area contributed by atoms with Gasteiger partial charge >= 0.3 is 36.6 Å². The van der Waals surface area contributed by atoms with Crippen LogP contribution in [0, 0.1) is 10.8 Å². The van der Waals surface area contributed by atoms with E-state index >= 15 is 0 Å². The Labute approximate surface area is 178 Å². The molecule has 0 spiro atoms. The lowest BCUT2D eigenvalue weighted by atomic mass is 9.65. The van der Waals surface area contributed by atoms with Gasteiger partial charge in [-0.1, -0.05) is 32.4 Å². The molecular weight excluding hydrogens is 496 g/mol. The Balaban J connectivity index is 6.89. The normalized spacial score (nSPS) is 14.4. The number of carbonyl (C=O) groups excluding carboxylic acids is 2. The Kier molecular flexibility index (Phi) is 8.63. The molecule has 0 aromatic carbocycles. The molecule has 0 aromatic rings. The van der Waals surface area contributed by atoms with Gasteiger partial charge in [0.1, 0.15) is 0 Å². The van der Waals surface area contributed by atoms with Crippen LogP contribution in [0.4, 0.5) is 52.7 Å². The third kappa shape index (κ3) is 7.42. The minimum atomic E-state index is -6.28. The number of hydrogen-bond donors (Lipinski definition) is 0. The van der Waals surface area contributed by atoms with Crippen molar-refractivity contribution >= 4 is 11.9 Å². The van der Waals surface area contributed by atoms with E-state index in [1.54, 1.807) is 0 Å². The molecule has 0 aliphatic rings. The van der Waals surface area contributed by atoms with Crippen molar-refractivity contribution in [2.75, 3.05) is 0 Å². The fraction of sp³-hybridized carbons (Fsp3) is 0.765. The Morgan fingerprint density at radius 2 is 0.848 bits per heavy atom. The molecule has 0 atom stereocenters.